The first kappa shape index (κ1) is 20.4. The number of hydrogen-bond donors (Lipinski definition) is 0. The average molecular weight is 438 g/mol. The molecule has 2 heterocycles. The van der Waals surface area contributed by atoms with Crippen LogP contribution in [0.25, 0.3) is 33.3 Å². The van der Waals surface area contributed by atoms with Gasteiger partial charge in [0.2, 0.25) is 0 Å². The second-order valence-corrected chi connectivity index (χ2v) is 10.2. The highest BCUT2D eigenvalue weighted by Gasteiger charge is 2.17. The van der Waals surface area contributed by atoms with E-state index in [4.69, 9.17) is 11.6 Å². The molecule has 5 nitrogen and oxygen atoms in total. The van der Waals surface area contributed by atoms with E-state index in [0.29, 0.717) is 17.3 Å². The zero-order valence-electron chi connectivity index (χ0n) is 16.6. The zero-order valence-corrected chi connectivity index (χ0v) is 18.2. The molecule has 0 spiro atoms. The summed E-state index contributed by atoms with van der Waals surface area (Å²) in [4.78, 5) is 13.0. The predicted molar refractivity (Wildman–Crippen MR) is 121 cm³/mol. The molecule has 30 heavy (non-hydrogen) atoms. The van der Waals surface area contributed by atoms with Gasteiger partial charge in [-0.1, -0.05) is 35.9 Å². The summed E-state index contributed by atoms with van der Waals surface area (Å²) in [5, 5.41) is 0.839. The Labute approximate surface area is 180 Å². The van der Waals surface area contributed by atoms with Crippen LogP contribution in [-0.2, 0) is 16.3 Å². The lowest BCUT2D eigenvalue weighted by Gasteiger charge is -2.14. The summed E-state index contributed by atoms with van der Waals surface area (Å²) in [6.07, 6.45) is 6.63. The molecule has 4 aromatic rings. The summed E-state index contributed by atoms with van der Waals surface area (Å²) in [6.45, 7) is 1.74. The number of benzene rings is 2. The Morgan fingerprint density at radius 3 is 2.47 bits per heavy atom. The summed E-state index contributed by atoms with van der Waals surface area (Å²) >= 11 is 6.23. The Morgan fingerprint density at radius 1 is 0.933 bits per heavy atom. The van der Waals surface area contributed by atoms with Gasteiger partial charge in [0.05, 0.1) is 10.8 Å². The summed E-state index contributed by atoms with van der Waals surface area (Å²) in [7, 11) is -3.12. The normalized spacial score (nSPS) is 12.8. The van der Waals surface area contributed by atoms with Crippen LogP contribution in [0.1, 0.15) is 12.5 Å². The van der Waals surface area contributed by atoms with Crippen LogP contribution >= 0.6 is 11.6 Å². The van der Waals surface area contributed by atoms with Gasteiger partial charge in [0, 0.05) is 41.4 Å². The lowest BCUT2D eigenvalue weighted by atomic mass is 9.95. The van der Waals surface area contributed by atoms with E-state index < -0.39 is 15.1 Å². The number of nitrogens with zero attached hydrogens (tertiary/aromatic N) is 3. The van der Waals surface area contributed by atoms with Gasteiger partial charge in [-0.25, -0.2) is 13.4 Å². The van der Waals surface area contributed by atoms with Crippen molar-refractivity contribution in [3.63, 3.8) is 0 Å². The summed E-state index contributed by atoms with van der Waals surface area (Å²) in [6, 6.07) is 15.8. The minimum atomic E-state index is -3.12. The first-order valence-electron chi connectivity index (χ1n) is 9.47. The number of rotatable bonds is 5. The highest BCUT2D eigenvalue weighted by Crippen LogP contribution is 2.33. The van der Waals surface area contributed by atoms with Gasteiger partial charge in [-0.15, -0.1) is 0 Å². The third kappa shape index (κ3) is 4.20. The fraction of sp³-hybridized carbons (Fsp3) is 0.174. The Balaban J connectivity index is 1.86. The monoisotopic (exact) mass is 437 g/mol. The van der Waals surface area contributed by atoms with Crippen molar-refractivity contribution < 1.29 is 8.42 Å². The smallest absolute Gasteiger partial charge is 0.155 e. The van der Waals surface area contributed by atoms with Crippen molar-refractivity contribution in [1.82, 2.24) is 15.0 Å². The highest BCUT2D eigenvalue weighted by atomic mass is 35.5. The molecule has 0 N–H and O–H groups in total. The van der Waals surface area contributed by atoms with Crippen molar-refractivity contribution in [3.8, 4) is 22.4 Å². The molecule has 7 heteroatoms. The Bertz CT molecular complexity index is 1340. The zero-order chi connectivity index (χ0) is 21.3. The molecule has 0 aliphatic rings. The van der Waals surface area contributed by atoms with Crippen LogP contribution < -0.4 is 0 Å². The maximum atomic E-state index is 11.9. The molecule has 0 aliphatic carbocycles. The van der Waals surface area contributed by atoms with Crippen LogP contribution in [0.4, 0.5) is 0 Å². The Morgan fingerprint density at radius 2 is 1.70 bits per heavy atom. The molecule has 0 radical (unpaired) electrons. The van der Waals surface area contributed by atoms with Gasteiger partial charge < -0.3 is 0 Å². The van der Waals surface area contributed by atoms with Crippen LogP contribution in [0, 0.1) is 0 Å². The van der Waals surface area contributed by atoms with Crippen molar-refractivity contribution in [2.24, 2.45) is 0 Å². The van der Waals surface area contributed by atoms with E-state index in [1.54, 1.807) is 25.5 Å². The second kappa shape index (κ2) is 8.13. The molecule has 0 amide bonds. The molecule has 0 bridgehead atoms. The minimum Gasteiger partial charge on any atom is -0.256 e. The number of fused-ring (bicyclic) bond motifs is 1. The first-order valence-corrected chi connectivity index (χ1v) is 11.8. The number of pyridine rings is 1. The fourth-order valence-electron chi connectivity index (χ4n) is 3.42. The van der Waals surface area contributed by atoms with Crippen LogP contribution in [0.3, 0.4) is 0 Å². The number of hydrogen-bond acceptors (Lipinski definition) is 5. The van der Waals surface area contributed by atoms with E-state index in [0.717, 1.165) is 33.2 Å². The van der Waals surface area contributed by atoms with Gasteiger partial charge in [0.25, 0.3) is 0 Å². The van der Waals surface area contributed by atoms with Crippen LogP contribution in [0.2, 0.25) is 5.15 Å². The van der Waals surface area contributed by atoms with Crippen LogP contribution in [-0.4, -0.2) is 34.9 Å². The summed E-state index contributed by atoms with van der Waals surface area (Å²) in [5.74, 6) is 0. The molecule has 152 valence electrons. The van der Waals surface area contributed by atoms with Crippen molar-refractivity contribution in [3.05, 3.63) is 77.8 Å². The van der Waals surface area contributed by atoms with Gasteiger partial charge in [-0.05, 0) is 48.7 Å². The maximum Gasteiger partial charge on any atom is 0.155 e. The van der Waals surface area contributed by atoms with Gasteiger partial charge >= 0.3 is 0 Å². The largest absolute Gasteiger partial charge is 0.256 e. The number of halogens is 1. The quantitative estimate of drug-likeness (QED) is 0.440. The number of sulfone groups is 1. The van der Waals surface area contributed by atoms with Gasteiger partial charge in [0.1, 0.15) is 15.5 Å². The topological polar surface area (TPSA) is 72.8 Å². The van der Waals surface area contributed by atoms with E-state index >= 15 is 0 Å². The Hall–Kier alpha value is -2.83. The third-order valence-corrected chi connectivity index (χ3v) is 7.02. The SMILES string of the molecule is CC(Cc1cc(-c2cccc(-c3nccnc3Cl)c2)c2ncccc2c1)S(C)(=O)=O. The molecule has 4 rings (SSSR count). The molecule has 1 unspecified atom stereocenters. The average Bonchev–Trinajstić information content (AvgIpc) is 2.73. The van der Waals surface area contributed by atoms with E-state index in [9.17, 15) is 8.42 Å². The molecule has 2 aromatic carbocycles. The molecule has 2 aromatic heterocycles. The third-order valence-electron chi connectivity index (χ3n) is 5.12. The van der Waals surface area contributed by atoms with Crippen LogP contribution in [0.5, 0.6) is 0 Å². The van der Waals surface area contributed by atoms with Crippen molar-refractivity contribution >= 4 is 32.3 Å². The molecule has 0 fully saturated rings. The van der Waals surface area contributed by atoms with Crippen molar-refractivity contribution in [2.45, 2.75) is 18.6 Å². The van der Waals surface area contributed by atoms with Gasteiger partial charge in [-0.3, -0.25) is 9.97 Å². The predicted octanol–water partition coefficient (Wildman–Crippen LogP) is 4.99. The minimum absolute atomic E-state index is 0.341. The molecule has 1 atom stereocenters. The van der Waals surface area contributed by atoms with Crippen LogP contribution in [0.15, 0.2) is 67.1 Å². The van der Waals surface area contributed by atoms with E-state index in [-0.39, 0.29) is 0 Å². The lowest BCUT2D eigenvalue weighted by Crippen LogP contribution is -2.18. The molecule has 0 saturated heterocycles. The van der Waals surface area contributed by atoms with E-state index in [1.165, 1.54) is 6.26 Å². The lowest BCUT2D eigenvalue weighted by molar-refractivity contribution is 0.588. The van der Waals surface area contributed by atoms with E-state index in [2.05, 4.69) is 15.0 Å². The number of aromatic nitrogens is 3. The maximum absolute atomic E-state index is 11.9. The highest BCUT2D eigenvalue weighted by molar-refractivity contribution is 7.91. The van der Waals surface area contributed by atoms with Gasteiger partial charge in [-0.2, -0.15) is 0 Å². The van der Waals surface area contributed by atoms with Crippen molar-refractivity contribution in [2.75, 3.05) is 6.26 Å². The van der Waals surface area contributed by atoms with Crippen molar-refractivity contribution in [1.29, 1.82) is 0 Å². The Kier molecular flexibility index (Phi) is 5.54. The molecular weight excluding hydrogens is 418 g/mol. The second-order valence-electron chi connectivity index (χ2n) is 7.34. The summed E-state index contributed by atoms with van der Waals surface area (Å²) in [5.41, 5.74) is 5.16. The molecule has 0 saturated carbocycles. The fourth-order valence-corrected chi connectivity index (χ4v) is 4.13. The van der Waals surface area contributed by atoms with Gasteiger partial charge in [0.15, 0.2) is 5.15 Å². The standard InChI is InChI=1S/C23H20ClN3O2S/c1-15(30(2,28)29)11-16-12-18-7-4-8-25-21(18)20(13-16)17-5-3-6-19(14-17)22-23(24)27-10-9-26-22/h3-10,12-15H,11H2,1-2H3. The molecular formula is C23H20ClN3O2S. The summed E-state index contributed by atoms with van der Waals surface area (Å²) < 4.78 is 23.9. The van der Waals surface area contributed by atoms with E-state index in [1.807, 2.05) is 48.5 Å². The molecule has 0 aliphatic heterocycles. The first-order chi connectivity index (χ1) is 14.3.